The minimum absolute atomic E-state index is 0.0402. The maximum Gasteiger partial charge on any atom is 0.450 e. The zero-order valence-corrected chi connectivity index (χ0v) is 19.7. The van der Waals surface area contributed by atoms with Crippen LogP contribution in [0.4, 0.5) is 18.9 Å². The summed E-state index contributed by atoms with van der Waals surface area (Å²) in [6.45, 7) is 0. The smallest absolute Gasteiger partial charge is 0.320 e. The third-order valence-corrected chi connectivity index (χ3v) is 6.39. The second-order valence-electron chi connectivity index (χ2n) is 6.73. The standard InChI is InChI=1S/C20H19Cl2F3N2O3S2/c21-13-7-14(22)9-15(8-13)27(18(29)6-12-3-5-32-10-12)19(30)16(26)2-1-4-31-11-17(28)20(23,24)25/h3,5,7-10,16H,1-2,4,6,11,26H2/t16-/m0/s1. The Morgan fingerprint density at radius 1 is 1.16 bits per heavy atom. The molecule has 0 aliphatic carbocycles. The minimum atomic E-state index is -4.86. The van der Waals surface area contributed by atoms with Crippen LogP contribution >= 0.6 is 46.3 Å². The van der Waals surface area contributed by atoms with Gasteiger partial charge in [-0.15, -0.1) is 0 Å². The molecule has 12 heteroatoms. The summed E-state index contributed by atoms with van der Waals surface area (Å²) in [6, 6.07) is 4.97. The molecule has 1 aromatic carbocycles. The SMILES string of the molecule is N[C@@H](CCCSCC(=O)C(F)(F)F)C(=O)N(C(=O)Cc1ccsc1)c1cc(Cl)cc(Cl)c1. The van der Waals surface area contributed by atoms with Crippen LogP contribution in [-0.4, -0.2) is 41.3 Å². The zero-order chi connectivity index (χ0) is 23.9. The maximum absolute atomic E-state index is 13.0. The minimum Gasteiger partial charge on any atom is -0.320 e. The molecule has 2 amide bonds. The van der Waals surface area contributed by atoms with Crippen molar-refractivity contribution in [2.75, 3.05) is 16.4 Å². The predicted octanol–water partition coefficient (Wildman–Crippen LogP) is 5.13. The highest BCUT2D eigenvalue weighted by atomic mass is 35.5. The highest BCUT2D eigenvalue weighted by molar-refractivity contribution is 7.99. The van der Waals surface area contributed by atoms with E-state index in [1.807, 2.05) is 0 Å². The summed E-state index contributed by atoms with van der Waals surface area (Å²) in [5.41, 5.74) is 6.89. The number of nitrogens with two attached hydrogens (primary N) is 1. The van der Waals surface area contributed by atoms with E-state index in [0.717, 1.165) is 22.2 Å². The van der Waals surface area contributed by atoms with Gasteiger partial charge in [0.25, 0.3) is 5.91 Å². The fraction of sp³-hybridized carbons (Fsp3) is 0.350. The molecule has 0 fully saturated rings. The Bertz CT molecular complexity index is 936. The molecular weight excluding hydrogens is 508 g/mol. The van der Waals surface area contributed by atoms with Gasteiger partial charge in [-0.1, -0.05) is 23.2 Å². The van der Waals surface area contributed by atoms with Gasteiger partial charge >= 0.3 is 6.18 Å². The Morgan fingerprint density at radius 2 is 1.81 bits per heavy atom. The van der Waals surface area contributed by atoms with Crippen LogP contribution in [0.2, 0.25) is 10.0 Å². The first-order chi connectivity index (χ1) is 15.0. The highest BCUT2D eigenvalue weighted by Gasteiger charge is 2.37. The molecule has 1 aromatic heterocycles. The first kappa shape index (κ1) is 26.7. The van der Waals surface area contributed by atoms with Crippen molar-refractivity contribution in [2.24, 2.45) is 5.73 Å². The normalized spacial score (nSPS) is 12.4. The van der Waals surface area contributed by atoms with Crippen molar-refractivity contribution in [3.63, 3.8) is 0 Å². The van der Waals surface area contributed by atoms with Crippen LogP contribution in [0.5, 0.6) is 0 Å². The third-order valence-electron chi connectivity index (χ3n) is 4.18. The average Bonchev–Trinajstić information content (AvgIpc) is 3.18. The van der Waals surface area contributed by atoms with Crippen molar-refractivity contribution in [1.82, 2.24) is 0 Å². The van der Waals surface area contributed by atoms with Gasteiger partial charge in [0.05, 0.1) is 23.9 Å². The molecule has 5 nitrogen and oxygen atoms in total. The lowest BCUT2D eigenvalue weighted by Gasteiger charge is -2.24. The fourth-order valence-electron chi connectivity index (χ4n) is 2.65. The molecule has 0 unspecified atom stereocenters. The van der Waals surface area contributed by atoms with Crippen LogP contribution in [-0.2, 0) is 20.8 Å². The number of thiophene rings is 1. The highest BCUT2D eigenvalue weighted by Crippen LogP contribution is 2.27. The largest absolute Gasteiger partial charge is 0.450 e. The van der Waals surface area contributed by atoms with Crippen molar-refractivity contribution in [3.05, 3.63) is 50.6 Å². The van der Waals surface area contributed by atoms with Gasteiger partial charge < -0.3 is 5.73 Å². The number of benzene rings is 1. The molecule has 32 heavy (non-hydrogen) atoms. The van der Waals surface area contributed by atoms with Crippen molar-refractivity contribution in [3.8, 4) is 0 Å². The number of alkyl halides is 3. The first-order valence-corrected chi connectivity index (χ1v) is 12.1. The first-order valence-electron chi connectivity index (χ1n) is 9.26. The molecule has 2 aromatic rings. The molecule has 0 aliphatic heterocycles. The monoisotopic (exact) mass is 526 g/mol. The lowest BCUT2D eigenvalue weighted by Crippen LogP contribution is -2.47. The molecule has 0 radical (unpaired) electrons. The Kier molecular flexibility index (Phi) is 10.0. The van der Waals surface area contributed by atoms with Crippen LogP contribution in [0.25, 0.3) is 0 Å². The second-order valence-corrected chi connectivity index (χ2v) is 9.48. The molecule has 0 aliphatic rings. The van der Waals surface area contributed by atoms with Gasteiger partial charge in [0.1, 0.15) is 0 Å². The summed E-state index contributed by atoms with van der Waals surface area (Å²) in [7, 11) is 0. The van der Waals surface area contributed by atoms with E-state index < -0.39 is 35.6 Å². The van der Waals surface area contributed by atoms with E-state index in [1.54, 1.807) is 16.8 Å². The lowest BCUT2D eigenvalue weighted by atomic mass is 10.1. The van der Waals surface area contributed by atoms with Gasteiger partial charge in [-0.25, -0.2) is 4.90 Å². The Morgan fingerprint density at radius 3 is 2.38 bits per heavy atom. The number of carbonyl (C=O) groups excluding carboxylic acids is 3. The van der Waals surface area contributed by atoms with Crippen molar-refractivity contribution < 1.29 is 27.6 Å². The van der Waals surface area contributed by atoms with E-state index >= 15 is 0 Å². The molecule has 1 heterocycles. The van der Waals surface area contributed by atoms with Crippen LogP contribution < -0.4 is 10.6 Å². The number of halogens is 5. The number of amides is 2. The number of imide groups is 1. The van der Waals surface area contributed by atoms with E-state index in [-0.39, 0.29) is 40.7 Å². The van der Waals surface area contributed by atoms with E-state index in [1.165, 1.54) is 29.5 Å². The summed E-state index contributed by atoms with van der Waals surface area (Å²) in [6.07, 6.45) is -4.50. The summed E-state index contributed by atoms with van der Waals surface area (Å²) >= 11 is 14.3. The fourth-order valence-corrected chi connectivity index (χ4v) is 4.70. The summed E-state index contributed by atoms with van der Waals surface area (Å²) in [5.74, 6) is -3.51. The van der Waals surface area contributed by atoms with Gasteiger partial charge in [-0.05, 0) is 59.2 Å². The zero-order valence-electron chi connectivity index (χ0n) is 16.5. The van der Waals surface area contributed by atoms with E-state index in [4.69, 9.17) is 28.9 Å². The molecule has 174 valence electrons. The number of nitrogens with zero attached hydrogens (tertiary/aromatic N) is 1. The second kappa shape index (κ2) is 12.0. The van der Waals surface area contributed by atoms with E-state index in [0.29, 0.717) is 0 Å². The molecule has 0 saturated heterocycles. The number of thioether (sulfide) groups is 1. The topological polar surface area (TPSA) is 80.5 Å². The predicted molar refractivity (Wildman–Crippen MR) is 123 cm³/mol. The molecule has 2 rings (SSSR count). The Hall–Kier alpha value is -1.59. The van der Waals surface area contributed by atoms with Gasteiger partial charge in [-0.2, -0.15) is 36.3 Å². The molecule has 1 atom stereocenters. The van der Waals surface area contributed by atoms with Crippen LogP contribution in [0.3, 0.4) is 0 Å². The molecule has 0 bridgehead atoms. The summed E-state index contributed by atoms with van der Waals surface area (Å²) < 4.78 is 36.7. The lowest BCUT2D eigenvalue weighted by molar-refractivity contribution is -0.167. The number of hydrogen-bond acceptors (Lipinski definition) is 6. The van der Waals surface area contributed by atoms with Crippen LogP contribution in [0.1, 0.15) is 18.4 Å². The maximum atomic E-state index is 13.0. The van der Waals surface area contributed by atoms with Crippen molar-refractivity contribution >= 4 is 69.6 Å². The number of Topliss-reactive ketones (excluding diaryl/α,β-unsaturated/α-hetero) is 1. The number of hydrogen-bond donors (Lipinski definition) is 1. The number of carbonyl (C=O) groups is 3. The summed E-state index contributed by atoms with van der Waals surface area (Å²) in [5, 5.41) is 4.05. The van der Waals surface area contributed by atoms with Crippen LogP contribution in [0.15, 0.2) is 35.0 Å². The molecule has 2 N–H and O–H groups in total. The van der Waals surface area contributed by atoms with E-state index in [2.05, 4.69) is 0 Å². The molecular formula is C20H19Cl2F3N2O3S2. The number of ketones is 1. The van der Waals surface area contributed by atoms with Crippen LogP contribution in [0, 0.1) is 0 Å². The average molecular weight is 527 g/mol. The summed E-state index contributed by atoms with van der Waals surface area (Å²) in [4.78, 5) is 37.8. The van der Waals surface area contributed by atoms with Crippen molar-refractivity contribution in [1.29, 1.82) is 0 Å². The van der Waals surface area contributed by atoms with Crippen molar-refractivity contribution in [2.45, 2.75) is 31.5 Å². The molecule has 0 saturated carbocycles. The Labute approximate surface area is 201 Å². The van der Waals surface area contributed by atoms with Gasteiger partial charge in [0.15, 0.2) is 0 Å². The van der Waals surface area contributed by atoms with E-state index in [9.17, 15) is 27.6 Å². The number of rotatable bonds is 10. The number of anilines is 1. The Balaban J connectivity index is 2.05. The van der Waals surface area contributed by atoms with Gasteiger partial charge in [-0.3, -0.25) is 14.4 Å². The molecule has 0 spiro atoms. The third kappa shape index (κ3) is 8.08. The quantitative estimate of drug-likeness (QED) is 0.434. The van der Waals surface area contributed by atoms with Gasteiger partial charge in [0.2, 0.25) is 11.7 Å². The van der Waals surface area contributed by atoms with Gasteiger partial charge in [0, 0.05) is 10.0 Å².